The maximum atomic E-state index is 12.1. The Kier molecular flexibility index (Phi) is 6.65. The summed E-state index contributed by atoms with van der Waals surface area (Å²) in [5, 5.41) is 12.7. The Morgan fingerprint density at radius 1 is 1.08 bits per heavy atom. The summed E-state index contributed by atoms with van der Waals surface area (Å²) in [6.07, 6.45) is -0.799. The van der Waals surface area contributed by atoms with E-state index in [0.717, 1.165) is 11.4 Å². The van der Waals surface area contributed by atoms with E-state index in [1.165, 1.54) is 0 Å². The molecule has 0 saturated heterocycles. The minimum atomic E-state index is -0.799. The minimum absolute atomic E-state index is 0.0895. The fourth-order valence-corrected chi connectivity index (χ4v) is 2.15. The number of nitrogens with zero attached hydrogens (tertiary/aromatic N) is 1. The number of carbonyl (C=O) groups is 1. The van der Waals surface area contributed by atoms with Crippen LogP contribution in [0, 0.1) is 0 Å². The van der Waals surface area contributed by atoms with Crippen molar-refractivity contribution in [2.24, 2.45) is 0 Å². The van der Waals surface area contributed by atoms with Crippen molar-refractivity contribution in [3.05, 3.63) is 54.1 Å². The molecule has 1 amide bonds. The Bertz CT molecular complexity index is 669. The van der Waals surface area contributed by atoms with E-state index in [9.17, 15) is 9.90 Å². The molecule has 1 atom stereocenters. The number of ether oxygens (including phenoxy) is 2. The second kappa shape index (κ2) is 8.94. The second-order valence-corrected chi connectivity index (χ2v) is 5.79. The molecule has 0 spiro atoms. The third kappa shape index (κ3) is 5.69. The number of rotatable bonds is 8. The van der Waals surface area contributed by atoms with E-state index < -0.39 is 6.10 Å². The molecule has 2 aromatic rings. The molecule has 6 nitrogen and oxygen atoms in total. The summed E-state index contributed by atoms with van der Waals surface area (Å²) in [5.41, 5.74) is 1.57. The second-order valence-electron chi connectivity index (χ2n) is 5.79. The average Bonchev–Trinajstić information content (AvgIpc) is 2.64. The molecule has 2 aromatic carbocycles. The number of hydrogen-bond donors (Lipinski definition) is 2. The van der Waals surface area contributed by atoms with Crippen LogP contribution in [-0.2, 0) is 0 Å². The molecular weight excluding hydrogens is 320 g/mol. The zero-order valence-electron chi connectivity index (χ0n) is 14.7. The van der Waals surface area contributed by atoms with Crippen LogP contribution in [0.3, 0.4) is 0 Å². The molecule has 2 N–H and O–H groups in total. The highest BCUT2D eigenvalue weighted by atomic mass is 16.5. The monoisotopic (exact) mass is 344 g/mol. The highest BCUT2D eigenvalue weighted by Crippen LogP contribution is 2.17. The van der Waals surface area contributed by atoms with E-state index in [1.807, 2.05) is 31.1 Å². The van der Waals surface area contributed by atoms with Crippen LogP contribution in [0.25, 0.3) is 0 Å². The summed E-state index contributed by atoms with van der Waals surface area (Å²) >= 11 is 0. The van der Waals surface area contributed by atoms with Gasteiger partial charge in [-0.25, -0.2) is 0 Å². The van der Waals surface area contributed by atoms with Gasteiger partial charge >= 0.3 is 0 Å². The summed E-state index contributed by atoms with van der Waals surface area (Å²) < 4.78 is 10.6. The normalized spacial score (nSPS) is 11.5. The average molecular weight is 344 g/mol. The molecular formula is C19H24N2O4. The lowest BCUT2D eigenvalue weighted by Gasteiger charge is -2.14. The summed E-state index contributed by atoms with van der Waals surface area (Å²) in [6, 6.07) is 14.3. The lowest BCUT2D eigenvalue weighted by molar-refractivity contribution is 0.0843. The van der Waals surface area contributed by atoms with Crippen molar-refractivity contribution in [3.8, 4) is 11.5 Å². The molecule has 0 aliphatic carbocycles. The van der Waals surface area contributed by atoms with Gasteiger partial charge in [0.1, 0.15) is 24.2 Å². The molecule has 0 fully saturated rings. The van der Waals surface area contributed by atoms with Crippen LogP contribution in [0.5, 0.6) is 11.5 Å². The van der Waals surface area contributed by atoms with Crippen molar-refractivity contribution in [3.63, 3.8) is 0 Å². The quantitative estimate of drug-likeness (QED) is 0.766. The smallest absolute Gasteiger partial charge is 0.251 e. The maximum absolute atomic E-state index is 12.1. The van der Waals surface area contributed by atoms with Gasteiger partial charge in [-0.2, -0.15) is 0 Å². The van der Waals surface area contributed by atoms with Crippen LogP contribution < -0.4 is 19.7 Å². The van der Waals surface area contributed by atoms with E-state index in [2.05, 4.69) is 5.32 Å². The number of anilines is 1. The molecule has 0 radical (unpaired) electrons. The van der Waals surface area contributed by atoms with Gasteiger partial charge in [0.2, 0.25) is 0 Å². The van der Waals surface area contributed by atoms with Crippen molar-refractivity contribution in [1.29, 1.82) is 0 Å². The van der Waals surface area contributed by atoms with Gasteiger partial charge in [0.15, 0.2) is 0 Å². The molecule has 0 aromatic heterocycles. The Morgan fingerprint density at radius 3 is 2.24 bits per heavy atom. The molecule has 0 aliphatic rings. The Hall–Kier alpha value is -2.73. The number of benzene rings is 2. The first-order valence-corrected chi connectivity index (χ1v) is 8.00. The van der Waals surface area contributed by atoms with E-state index in [-0.39, 0.29) is 19.1 Å². The van der Waals surface area contributed by atoms with E-state index >= 15 is 0 Å². The zero-order chi connectivity index (χ0) is 18.2. The summed E-state index contributed by atoms with van der Waals surface area (Å²) in [4.78, 5) is 14.0. The Balaban J connectivity index is 1.76. The van der Waals surface area contributed by atoms with Gasteiger partial charge in [-0.05, 0) is 48.5 Å². The lowest BCUT2D eigenvalue weighted by atomic mass is 10.2. The number of aliphatic hydroxyl groups is 1. The molecule has 6 heteroatoms. The van der Waals surface area contributed by atoms with Gasteiger partial charge in [0, 0.05) is 31.9 Å². The van der Waals surface area contributed by atoms with Gasteiger partial charge in [-0.15, -0.1) is 0 Å². The number of methoxy groups -OCH3 is 1. The molecule has 0 unspecified atom stereocenters. The molecule has 0 bridgehead atoms. The Morgan fingerprint density at radius 2 is 1.68 bits per heavy atom. The third-order valence-corrected chi connectivity index (χ3v) is 3.65. The van der Waals surface area contributed by atoms with Gasteiger partial charge in [0.05, 0.1) is 7.11 Å². The topological polar surface area (TPSA) is 71.0 Å². The van der Waals surface area contributed by atoms with Crippen molar-refractivity contribution in [1.82, 2.24) is 5.32 Å². The summed E-state index contributed by atoms with van der Waals surface area (Å²) in [5.74, 6) is 1.14. The summed E-state index contributed by atoms with van der Waals surface area (Å²) in [6.45, 7) is 0.205. The van der Waals surface area contributed by atoms with Crippen LogP contribution in [0.2, 0.25) is 0 Å². The van der Waals surface area contributed by atoms with E-state index in [4.69, 9.17) is 9.47 Å². The van der Waals surface area contributed by atoms with Crippen molar-refractivity contribution in [2.45, 2.75) is 6.10 Å². The van der Waals surface area contributed by atoms with Gasteiger partial charge in [-0.3, -0.25) is 4.79 Å². The predicted octanol–water partition coefficient (Wildman–Crippen LogP) is 1.93. The number of nitrogens with one attached hydrogen (secondary N) is 1. The molecule has 2 rings (SSSR count). The van der Waals surface area contributed by atoms with Crippen molar-refractivity contribution >= 4 is 11.6 Å². The van der Waals surface area contributed by atoms with Gasteiger partial charge in [-0.1, -0.05) is 0 Å². The number of aliphatic hydroxyl groups excluding tert-OH is 1. The van der Waals surface area contributed by atoms with Crippen LogP contribution in [0.15, 0.2) is 48.5 Å². The minimum Gasteiger partial charge on any atom is -0.497 e. The Labute approximate surface area is 148 Å². The van der Waals surface area contributed by atoms with Gasteiger partial charge in [0.25, 0.3) is 5.91 Å². The van der Waals surface area contributed by atoms with Crippen LogP contribution in [0.1, 0.15) is 10.4 Å². The first kappa shape index (κ1) is 18.6. The van der Waals surface area contributed by atoms with E-state index in [0.29, 0.717) is 11.3 Å². The van der Waals surface area contributed by atoms with Gasteiger partial charge < -0.3 is 24.8 Å². The van der Waals surface area contributed by atoms with Crippen molar-refractivity contribution < 1.29 is 19.4 Å². The molecule has 0 aliphatic heterocycles. The molecule has 25 heavy (non-hydrogen) atoms. The molecule has 0 saturated carbocycles. The summed E-state index contributed by atoms with van der Waals surface area (Å²) in [7, 11) is 5.47. The first-order chi connectivity index (χ1) is 12.0. The SMILES string of the molecule is COc1ccc(OC[C@H](O)CNC(=O)c2ccc(N(C)C)cc2)cc1. The highest BCUT2D eigenvalue weighted by Gasteiger charge is 2.10. The van der Waals surface area contributed by atoms with Crippen LogP contribution >= 0.6 is 0 Å². The third-order valence-electron chi connectivity index (χ3n) is 3.65. The number of carbonyl (C=O) groups excluding carboxylic acids is 1. The highest BCUT2D eigenvalue weighted by molar-refractivity contribution is 5.94. The van der Waals surface area contributed by atoms with E-state index in [1.54, 1.807) is 43.5 Å². The zero-order valence-corrected chi connectivity index (χ0v) is 14.7. The fraction of sp³-hybridized carbons (Fsp3) is 0.316. The fourth-order valence-electron chi connectivity index (χ4n) is 2.15. The predicted molar refractivity (Wildman–Crippen MR) is 97.6 cm³/mol. The standard InChI is InChI=1S/C19H24N2O4/c1-21(2)15-6-4-14(5-7-15)19(23)20-12-16(22)13-25-18-10-8-17(24-3)9-11-18/h4-11,16,22H,12-13H2,1-3H3,(H,20,23)/t16-/m1/s1. The molecule has 134 valence electrons. The number of hydrogen-bond acceptors (Lipinski definition) is 5. The first-order valence-electron chi connectivity index (χ1n) is 8.00. The maximum Gasteiger partial charge on any atom is 0.251 e. The van der Waals surface area contributed by atoms with Crippen LogP contribution in [0.4, 0.5) is 5.69 Å². The lowest BCUT2D eigenvalue weighted by Crippen LogP contribution is -2.35. The molecule has 0 heterocycles. The van der Waals surface area contributed by atoms with Crippen molar-refractivity contribution in [2.75, 3.05) is 39.3 Å². The van der Waals surface area contributed by atoms with Crippen LogP contribution in [-0.4, -0.2) is 51.5 Å². The largest absolute Gasteiger partial charge is 0.497 e. The number of amides is 1.